The largest absolute Gasteiger partial charge is 0.390 e. The van der Waals surface area contributed by atoms with Crippen molar-refractivity contribution in [2.75, 3.05) is 0 Å². The van der Waals surface area contributed by atoms with Gasteiger partial charge in [0.2, 0.25) is 5.78 Å². The quantitative estimate of drug-likeness (QED) is 0.722. The van der Waals surface area contributed by atoms with Gasteiger partial charge in [0.15, 0.2) is 5.78 Å². The molecule has 0 saturated carbocycles. The highest BCUT2D eigenvalue weighted by Crippen LogP contribution is 2.26. The van der Waals surface area contributed by atoms with Crippen LogP contribution in [0.15, 0.2) is 11.6 Å². The summed E-state index contributed by atoms with van der Waals surface area (Å²) in [6.07, 6.45) is 1.32. The van der Waals surface area contributed by atoms with E-state index in [2.05, 4.69) is 4.98 Å². The highest BCUT2D eigenvalue weighted by atomic mass is 16.3. The van der Waals surface area contributed by atoms with E-state index in [-0.39, 0.29) is 18.2 Å². The van der Waals surface area contributed by atoms with Crippen LogP contribution in [0.25, 0.3) is 0 Å². The van der Waals surface area contributed by atoms with Gasteiger partial charge in [-0.25, -0.2) is 0 Å². The van der Waals surface area contributed by atoms with E-state index >= 15 is 0 Å². The standard InChI is InChI=1S/C11H11NO3/c1-5-3-8(14)10-9(11(5)15)6(2)7(4-13)12-10/h3,12-13H,4H2,1-2H3. The zero-order chi connectivity index (χ0) is 11.2. The van der Waals surface area contributed by atoms with E-state index in [1.54, 1.807) is 13.8 Å². The first-order valence-electron chi connectivity index (χ1n) is 4.66. The van der Waals surface area contributed by atoms with Gasteiger partial charge in [0.25, 0.3) is 0 Å². The van der Waals surface area contributed by atoms with Crippen LogP contribution in [0, 0.1) is 6.92 Å². The zero-order valence-corrected chi connectivity index (χ0v) is 8.55. The molecule has 0 aromatic carbocycles. The Balaban J connectivity index is 2.70. The molecule has 0 radical (unpaired) electrons. The Kier molecular flexibility index (Phi) is 2.08. The maximum absolute atomic E-state index is 11.8. The molecule has 4 nitrogen and oxygen atoms in total. The van der Waals surface area contributed by atoms with Crippen molar-refractivity contribution < 1.29 is 14.7 Å². The van der Waals surface area contributed by atoms with Crippen LogP contribution < -0.4 is 0 Å². The molecule has 0 amide bonds. The molecule has 0 atom stereocenters. The fraction of sp³-hybridized carbons (Fsp3) is 0.273. The zero-order valence-electron chi connectivity index (χ0n) is 8.55. The molecule has 0 unspecified atom stereocenters. The van der Waals surface area contributed by atoms with Crippen molar-refractivity contribution in [3.05, 3.63) is 34.2 Å². The number of H-pyrrole nitrogens is 1. The van der Waals surface area contributed by atoms with Gasteiger partial charge < -0.3 is 10.1 Å². The molecule has 2 N–H and O–H groups in total. The minimum Gasteiger partial charge on any atom is -0.390 e. The maximum Gasteiger partial charge on any atom is 0.203 e. The third-order valence-corrected chi connectivity index (χ3v) is 2.69. The van der Waals surface area contributed by atoms with Crippen LogP contribution in [0.3, 0.4) is 0 Å². The second kappa shape index (κ2) is 3.17. The molecule has 1 aromatic rings. The number of hydrogen-bond acceptors (Lipinski definition) is 3. The van der Waals surface area contributed by atoms with E-state index in [0.717, 1.165) is 0 Å². The van der Waals surface area contributed by atoms with Crippen LogP contribution in [0.1, 0.15) is 39.0 Å². The number of aromatic amines is 1. The van der Waals surface area contributed by atoms with Crippen molar-refractivity contribution in [2.24, 2.45) is 0 Å². The lowest BCUT2D eigenvalue weighted by Crippen LogP contribution is -2.15. The number of Topliss-reactive ketones (excluding diaryl/α,β-unsaturated/α-hetero) is 1. The maximum atomic E-state index is 11.8. The summed E-state index contributed by atoms with van der Waals surface area (Å²) in [7, 11) is 0. The van der Waals surface area contributed by atoms with E-state index in [9.17, 15) is 9.59 Å². The Morgan fingerprint density at radius 3 is 2.60 bits per heavy atom. The Labute approximate surface area is 86.6 Å². The Bertz CT molecular complexity index is 494. The Hall–Kier alpha value is -1.68. The van der Waals surface area contributed by atoms with Gasteiger partial charge in [-0.05, 0) is 25.5 Å². The van der Waals surface area contributed by atoms with Crippen LogP contribution in [-0.2, 0) is 6.61 Å². The van der Waals surface area contributed by atoms with Gasteiger partial charge in [-0.2, -0.15) is 0 Å². The van der Waals surface area contributed by atoms with Crippen molar-refractivity contribution in [1.82, 2.24) is 4.98 Å². The van der Waals surface area contributed by atoms with Crippen LogP contribution in [0.5, 0.6) is 0 Å². The topological polar surface area (TPSA) is 70.2 Å². The third kappa shape index (κ3) is 1.26. The summed E-state index contributed by atoms with van der Waals surface area (Å²) >= 11 is 0. The van der Waals surface area contributed by atoms with Gasteiger partial charge in [-0.1, -0.05) is 0 Å². The normalized spacial score (nSPS) is 15.3. The third-order valence-electron chi connectivity index (χ3n) is 2.69. The number of hydrogen-bond donors (Lipinski definition) is 2. The molecule has 15 heavy (non-hydrogen) atoms. The molecule has 1 aliphatic rings. The lowest BCUT2D eigenvalue weighted by atomic mass is 9.93. The van der Waals surface area contributed by atoms with Crippen molar-refractivity contribution >= 4 is 11.6 Å². The predicted molar refractivity (Wildman–Crippen MR) is 53.9 cm³/mol. The molecular formula is C11H11NO3. The molecule has 1 heterocycles. The van der Waals surface area contributed by atoms with Gasteiger partial charge in [-0.15, -0.1) is 0 Å². The van der Waals surface area contributed by atoms with Gasteiger partial charge in [0, 0.05) is 11.3 Å². The minimum absolute atomic E-state index is 0.141. The summed E-state index contributed by atoms with van der Waals surface area (Å²) in [4.78, 5) is 26.2. The van der Waals surface area contributed by atoms with Crippen LogP contribution >= 0.6 is 0 Å². The number of allylic oxidation sites excluding steroid dienone is 2. The van der Waals surface area contributed by atoms with Crippen molar-refractivity contribution in [2.45, 2.75) is 20.5 Å². The summed E-state index contributed by atoms with van der Waals surface area (Å²) in [5.41, 5.74) is 2.35. The summed E-state index contributed by atoms with van der Waals surface area (Å²) in [5, 5.41) is 9.04. The van der Waals surface area contributed by atoms with Crippen LogP contribution in [-0.4, -0.2) is 21.7 Å². The van der Waals surface area contributed by atoms with E-state index in [0.29, 0.717) is 28.1 Å². The highest BCUT2D eigenvalue weighted by Gasteiger charge is 2.28. The van der Waals surface area contributed by atoms with E-state index in [1.165, 1.54) is 6.08 Å². The summed E-state index contributed by atoms with van der Waals surface area (Å²) in [6.45, 7) is 3.15. The molecule has 0 saturated heterocycles. The average molecular weight is 205 g/mol. The number of fused-ring (bicyclic) bond motifs is 1. The van der Waals surface area contributed by atoms with Crippen molar-refractivity contribution in [3.8, 4) is 0 Å². The van der Waals surface area contributed by atoms with Gasteiger partial charge in [0.05, 0.1) is 17.9 Å². The van der Waals surface area contributed by atoms with Gasteiger partial charge >= 0.3 is 0 Å². The number of aromatic nitrogens is 1. The van der Waals surface area contributed by atoms with Gasteiger partial charge in [-0.3, -0.25) is 9.59 Å². The first-order chi connectivity index (χ1) is 7.06. The Morgan fingerprint density at radius 2 is 2.00 bits per heavy atom. The lowest BCUT2D eigenvalue weighted by molar-refractivity contribution is 0.0982. The molecule has 0 aliphatic heterocycles. The van der Waals surface area contributed by atoms with E-state index in [1.807, 2.05) is 0 Å². The number of aliphatic hydroxyl groups excluding tert-OH is 1. The number of rotatable bonds is 1. The lowest BCUT2D eigenvalue weighted by Gasteiger charge is -2.08. The predicted octanol–water partition coefficient (Wildman–Crippen LogP) is 1.14. The molecular weight excluding hydrogens is 194 g/mol. The molecule has 4 heteroatoms. The first kappa shape index (κ1) is 9.86. The first-order valence-corrected chi connectivity index (χ1v) is 4.66. The Morgan fingerprint density at radius 1 is 1.33 bits per heavy atom. The van der Waals surface area contributed by atoms with Crippen molar-refractivity contribution in [3.63, 3.8) is 0 Å². The molecule has 0 spiro atoms. The number of carbonyl (C=O) groups excluding carboxylic acids is 2. The van der Waals surface area contributed by atoms with Crippen LogP contribution in [0.2, 0.25) is 0 Å². The summed E-state index contributed by atoms with van der Waals surface area (Å²) in [5.74, 6) is -0.344. The smallest absolute Gasteiger partial charge is 0.203 e. The highest BCUT2D eigenvalue weighted by molar-refractivity contribution is 6.24. The molecule has 0 bridgehead atoms. The number of carbonyl (C=O) groups is 2. The molecule has 78 valence electrons. The van der Waals surface area contributed by atoms with Crippen molar-refractivity contribution in [1.29, 1.82) is 0 Å². The van der Waals surface area contributed by atoms with Gasteiger partial charge in [0.1, 0.15) is 0 Å². The summed E-state index contributed by atoms with van der Waals surface area (Å²) in [6, 6.07) is 0. The van der Waals surface area contributed by atoms with E-state index in [4.69, 9.17) is 5.11 Å². The second-order valence-corrected chi connectivity index (χ2v) is 3.66. The molecule has 2 rings (SSSR count). The number of ketones is 2. The molecule has 0 fully saturated rings. The number of nitrogens with one attached hydrogen (secondary N) is 1. The monoisotopic (exact) mass is 205 g/mol. The molecule has 1 aromatic heterocycles. The number of aliphatic hydroxyl groups is 1. The minimum atomic E-state index is -0.204. The summed E-state index contributed by atoms with van der Waals surface area (Å²) < 4.78 is 0. The molecule has 1 aliphatic carbocycles. The second-order valence-electron chi connectivity index (χ2n) is 3.66. The SMILES string of the molecule is CC1=CC(=O)c2[nH]c(CO)c(C)c2C1=O. The average Bonchev–Trinajstić information content (AvgIpc) is 2.53. The van der Waals surface area contributed by atoms with E-state index < -0.39 is 0 Å². The fourth-order valence-corrected chi connectivity index (χ4v) is 1.80. The fourth-order valence-electron chi connectivity index (χ4n) is 1.80. The van der Waals surface area contributed by atoms with Crippen LogP contribution in [0.4, 0.5) is 0 Å².